The molecular weight excluding hydrogens is 260 g/mol. The number of hydrogen-bond acceptors (Lipinski definition) is 2. The lowest BCUT2D eigenvalue weighted by Gasteiger charge is -2.31. The normalized spacial score (nSPS) is 11.4. The first kappa shape index (κ1) is 16.0. The zero-order chi connectivity index (χ0) is 14.5. The van der Waals surface area contributed by atoms with E-state index in [1.165, 1.54) is 0 Å². The molecule has 0 heterocycles. The Morgan fingerprint density at radius 3 is 2.63 bits per heavy atom. The fourth-order valence-corrected chi connectivity index (χ4v) is 2.10. The smallest absolute Gasteiger partial charge is 0.253 e. The highest BCUT2D eigenvalue weighted by atomic mass is 35.5. The first-order valence-electron chi connectivity index (χ1n) is 6.64. The van der Waals surface area contributed by atoms with Crippen LogP contribution in [0.15, 0.2) is 24.3 Å². The fraction of sp³-hybridized carbons (Fsp3) is 0.533. The van der Waals surface area contributed by atoms with Gasteiger partial charge >= 0.3 is 0 Å². The van der Waals surface area contributed by atoms with E-state index in [-0.39, 0.29) is 11.3 Å². The Morgan fingerprint density at radius 2 is 2.11 bits per heavy atom. The molecule has 0 saturated heterocycles. The van der Waals surface area contributed by atoms with Crippen molar-refractivity contribution >= 4 is 17.5 Å². The zero-order valence-corrected chi connectivity index (χ0v) is 12.7. The molecule has 1 amide bonds. The molecule has 0 aliphatic heterocycles. The Morgan fingerprint density at radius 1 is 1.42 bits per heavy atom. The van der Waals surface area contributed by atoms with Gasteiger partial charge in [-0.3, -0.25) is 4.79 Å². The molecule has 0 saturated carbocycles. The molecule has 0 aliphatic carbocycles. The summed E-state index contributed by atoms with van der Waals surface area (Å²) in [5.74, 6) is 0.0193. The van der Waals surface area contributed by atoms with Gasteiger partial charge < -0.3 is 10.6 Å². The minimum atomic E-state index is -0.0800. The van der Waals surface area contributed by atoms with E-state index in [2.05, 4.69) is 20.8 Å². The molecule has 19 heavy (non-hydrogen) atoms. The number of benzene rings is 1. The molecule has 0 atom stereocenters. The summed E-state index contributed by atoms with van der Waals surface area (Å²) in [6, 6.07) is 7.08. The predicted octanol–water partition coefficient (Wildman–Crippen LogP) is 3.18. The number of nitrogens with two attached hydrogens (primary N) is 1. The third-order valence-electron chi connectivity index (χ3n) is 3.02. The number of halogens is 1. The molecule has 1 aromatic carbocycles. The van der Waals surface area contributed by atoms with E-state index in [1.54, 1.807) is 24.3 Å². The number of carbonyl (C=O) groups excluding carboxylic acids is 1. The number of nitrogens with zero attached hydrogens (tertiary/aromatic N) is 1. The van der Waals surface area contributed by atoms with Crippen LogP contribution in [-0.4, -0.2) is 30.4 Å². The van der Waals surface area contributed by atoms with Gasteiger partial charge in [-0.25, -0.2) is 0 Å². The topological polar surface area (TPSA) is 46.3 Å². The number of hydrogen-bond donors (Lipinski definition) is 1. The van der Waals surface area contributed by atoms with Crippen LogP contribution in [0, 0.1) is 5.41 Å². The van der Waals surface area contributed by atoms with Crippen LogP contribution in [-0.2, 0) is 0 Å². The Bertz CT molecular complexity index is 432. The largest absolute Gasteiger partial charge is 0.338 e. The van der Waals surface area contributed by atoms with Crippen molar-refractivity contribution < 1.29 is 4.79 Å². The molecule has 4 heteroatoms. The van der Waals surface area contributed by atoms with Crippen molar-refractivity contribution in [1.82, 2.24) is 4.90 Å². The quantitative estimate of drug-likeness (QED) is 0.871. The van der Waals surface area contributed by atoms with Crippen molar-refractivity contribution in [3.05, 3.63) is 34.9 Å². The van der Waals surface area contributed by atoms with Crippen molar-refractivity contribution in [2.24, 2.45) is 11.1 Å². The van der Waals surface area contributed by atoms with Gasteiger partial charge in [-0.15, -0.1) is 0 Å². The van der Waals surface area contributed by atoms with Crippen LogP contribution >= 0.6 is 11.6 Å². The molecule has 0 radical (unpaired) electrons. The van der Waals surface area contributed by atoms with E-state index in [0.29, 0.717) is 23.7 Å². The van der Waals surface area contributed by atoms with Gasteiger partial charge in [-0.05, 0) is 36.6 Å². The van der Waals surface area contributed by atoms with Crippen LogP contribution in [0.5, 0.6) is 0 Å². The maximum absolute atomic E-state index is 12.5. The highest BCUT2D eigenvalue weighted by molar-refractivity contribution is 6.30. The number of rotatable bonds is 6. The van der Waals surface area contributed by atoms with E-state index < -0.39 is 0 Å². The van der Waals surface area contributed by atoms with Crippen LogP contribution in [0.4, 0.5) is 0 Å². The lowest BCUT2D eigenvalue weighted by atomic mass is 9.92. The standard InChI is InChI=1S/C15H23ClN2O/c1-4-8-18(11-15(2,3)10-17)14(19)12-6-5-7-13(16)9-12/h5-7,9H,4,8,10-11,17H2,1-3H3. The van der Waals surface area contributed by atoms with E-state index in [9.17, 15) is 4.79 Å². The molecule has 0 aromatic heterocycles. The van der Waals surface area contributed by atoms with Crippen LogP contribution in [0.1, 0.15) is 37.6 Å². The fourth-order valence-electron chi connectivity index (χ4n) is 1.91. The summed E-state index contributed by atoms with van der Waals surface area (Å²) in [5, 5.41) is 0.584. The van der Waals surface area contributed by atoms with Gasteiger partial charge in [-0.2, -0.15) is 0 Å². The molecule has 0 fully saturated rings. The Labute approximate surface area is 120 Å². The summed E-state index contributed by atoms with van der Waals surface area (Å²) in [6.07, 6.45) is 0.924. The van der Waals surface area contributed by atoms with Gasteiger partial charge in [0.25, 0.3) is 5.91 Å². The third kappa shape index (κ3) is 4.84. The maximum Gasteiger partial charge on any atom is 0.253 e. The first-order valence-corrected chi connectivity index (χ1v) is 7.02. The second-order valence-corrected chi connectivity index (χ2v) is 6.04. The molecular formula is C15H23ClN2O. The molecule has 0 aliphatic rings. The van der Waals surface area contributed by atoms with Crippen molar-refractivity contribution in [3.63, 3.8) is 0 Å². The summed E-state index contributed by atoms with van der Waals surface area (Å²) in [6.45, 7) is 8.14. The predicted molar refractivity (Wildman–Crippen MR) is 80.5 cm³/mol. The van der Waals surface area contributed by atoms with Gasteiger partial charge in [0.1, 0.15) is 0 Å². The number of amides is 1. The van der Waals surface area contributed by atoms with Gasteiger partial charge in [0, 0.05) is 23.7 Å². The highest BCUT2D eigenvalue weighted by Crippen LogP contribution is 2.18. The van der Waals surface area contributed by atoms with Gasteiger partial charge in [0.2, 0.25) is 0 Å². The summed E-state index contributed by atoms with van der Waals surface area (Å²) in [7, 11) is 0. The SMILES string of the molecule is CCCN(CC(C)(C)CN)C(=O)c1cccc(Cl)c1. The highest BCUT2D eigenvalue weighted by Gasteiger charge is 2.24. The first-order chi connectivity index (χ1) is 8.89. The summed E-state index contributed by atoms with van der Waals surface area (Å²) in [4.78, 5) is 14.4. The molecule has 1 aromatic rings. The minimum Gasteiger partial charge on any atom is -0.338 e. The van der Waals surface area contributed by atoms with E-state index in [4.69, 9.17) is 17.3 Å². The lowest BCUT2D eigenvalue weighted by molar-refractivity contribution is 0.0689. The van der Waals surface area contributed by atoms with Crippen LogP contribution in [0.3, 0.4) is 0 Å². The summed E-state index contributed by atoms with van der Waals surface area (Å²) < 4.78 is 0. The van der Waals surface area contributed by atoms with Crippen molar-refractivity contribution in [1.29, 1.82) is 0 Å². The summed E-state index contributed by atoms with van der Waals surface area (Å²) in [5.41, 5.74) is 6.31. The van der Waals surface area contributed by atoms with Crippen LogP contribution in [0.25, 0.3) is 0 Å². The zero-order valence-electron chi connectivity index (χ0n) is 11.9. The Hall–Kier alpha value is -1.06. The van der Waals surface area contributed by atoms with Crippen molar-refractivity contribution in [2.45, 2.75) is 27.2 Å². The average molecular weight is 283 g/mol. The molecule has 0 unspecified atom stereocenters. The Kier molecular flexibility index (Phi) is 5.83. The van der Waals surface area contributed by atoms with E-state index in [0.717, 1.165) is 13.0 Å². The van der Waals surface area contributed by atoms with Gasteiger partial charge in [0.05, 0.1) is 0 Å². The monoisotopic (exact) mass is 282 g/mol. The minimum absolute atomic E-state index is 0.0193. The molecule has 3 nitrogen and oxygen atoms in total. The van der Waals surface area contributed by atoms with Crippen molar-refractivity contribution in [2.75, 3.05) is 19.6 Å². The maximum atomic E-state index is 12.5. The van der Waals surface area contributed by atoms with Gasteiger partial charge in [0.15, 0.2) is 0 Å². The van der Waals surface area contributed by atoms with E-state index >= 15 is 0 Å². The molecule has 0 spiro atoms. The van der Waals surface area contributed by atoms with Crippen LogP contribution < -0.4 is 5.73 Å². The second-order valence-electron chi connectivity index (χ2n) is 5.61. The number of carbonyl (C=O) groups is 1. The Balaban J connectivity index is 2.90. The van der Waals surface area contributed by atoms with Crippen molar-refractivity contribution in [3.8, 4) is 0 Å². The summed E-state index contributed by atoms with van der Waals surface area (Å²) >= 11 is 5.94. The average Bonchev–Trinajstić information content (AvgIpc) is 2.37. The molecule has 1 rings (SSSR count). The lowest BCUT2D eigenvalue weighted by Crippen LogP contribution is -2.42. The molecule has 0 bridgehead atoms. The molecule has 106 valence electrons. The second kappa shape index (κ2) is 6.92. The van der Waals surface area contributed by atoms with Gasteiger partial charge in [-0.1, -0.05) is 38.4 Å². The molecule has 2 N–H and O–H groups in total. The third-order valence-corrected chi connectivity index (χ3v) is 3.26. The van der Waals surface area contributed by atoms with Crippen LogP contribution in [0.2, 0.25) is 5.02 Å². The van der Waals surface area contributed by atoms with E-state index in [1.807, 2.05) is 4.90 Å².